The van der Waals surface area contributed by atoms with Gasteiger partial charge in [-0.2, -0.15) is 13.2 Å². The number of aromatic amines is 1. The molecule has 3 aromatic heterocycles. The van der Waals surface area contributed by atoms with E-state index in [4.69, 9.17) is 9.72 Å². The number of halogens is 3. The average Bonchev–Trinajstić information content (AvgIpc) is 3.12. The van der Waals surface area contributed by atoms with Gasteiger partial charge in [-0.1, -0.05) is 6.07 Å². The van der Waals surface area contributed by atoms with Crippen LogP contribution in [-0.2, 0) is 17.5 Å². The van der Waals surface area contributed by atoms with Crippen LogP contribution < -0.4 is 0 Å². The summed E-state index contributed by atoms with van der Waals surface area (Å²) in [4.78, 5) is 13.6. The van der Waals surface area contributed by atoms with Crippen LogP contribution in [0.4, 0.5) is 13.2 Å². The van der Waals surface area contributed by atoms with E-state index in [0.717, 1.165) is 37.9 Å². The van der Waals surface area contributed by atoms with Crippen LogP contribution in [0, 0.1) is 0 Å². The Bertz CT molecular complexity index is 1010. The second kappa shape index (κ2) is 7.76. The Labute approximate surface area is 166 Å². The van der Waals surface area contributed by atoms with Crippen molar-refractivity contribution in [3.05, 3.63) is 47.4 Å². The fraction of sp³-hybridized carbons (Fsp3) is 0.429. The molecule has 1 aliphatic heterocycles. The Morgan fingerprint density at radius 3 is 2.66 bits per heavy atom. The van der Waals surface area contributed by atoms with E-state index in [9.17, 15) is 13.2 Å². The topological polar surface area (TPSA) is 54.0 Å². The van der Waals surface area contributed by atoms with Crippen molar-refractivity contribution >= 4 is 11.0 Å². The van der Waals surface area contributed by atoms with Crippen molar-refractivity contribution in [3.8, 4) is 11.3 Å². The first-order valence-corrected chi connectivity index (χ1v) is 9.60. The van der Waals surface area contributed by atoms with Gasteiger partial charge in [-0.05, 0) is 50.6 Å². The maximum atomic E-state index is 13.3. The number of rotatable bonds is 4. The summed E-state index contributed by atoms with van der Waals surface area (Å²) in [7, 11) is 3.95. The third-order valence-electron chi connectivity index (χ3n) is 5.27. The highest BCUT2D eigenvalue weighted by Crippen LogP contribution is 2.36. The van der Waals surface area contributed by atoms with Crippen LogP contribution in [0.1, 0.15) is 35.6 Å². The molecule has 8 heteroatoms. The molecule has 4 heterocycles. The zero-order chi connectivity index (χ0) is 20.6. The first-order chi connectivity index (χ1) is 13.8. The molecule has 1 N–H and O–H groups in total. The van der Waals surface area contributed by atoms with Gasteiger partial charge in [0.05, 0.1) is 17.0 Å². The molecule has 0 atom stereocenters. The minimum absolute atomic E-state index is 0.0551. The number of nitrogens with zero attached hydrogens (tertiary/aromatic N) is 3. The molecule has 0 aliphatic carbocycles. The van der Waals surface area contributed by atoms with Crippen molar-refractivity contribution in [2.24, 2.45) is 0 Å². The summed E-state index contributed by atoms with van der Waals surface area (Å²) in [5, 5.41) is 0.0551. The second-order valence-corrected chi connectivity index (χ2v) is 7.68. The standard InChI is InChI=1S/C21H23F3N4O/c1-28(2)12-19-15(13-5-7-29-8-6-13)3-4-18(27-19)14-9-16-17(21(22,23)24)11-26-20(16)25-10-14/h3-4,9-11,13H,5-8,12H2,1-2H3,(H,25,26). The van der Waals surface area contributed by atoms with E-state index in [1.165, 1.54) is 11.6 Å². The molecule has 0 radical (unpaired) electrons. The lowest BCUT2D eigenvalue weighted by atomic mass is 9.90. The summed E-state index contributed by atoms with van der Waals surface area (Å²) in [6.07, 6.45) is -0.00895. The van der Waals surface area contributed by atoms with Crippen LogP contribution in [0.5, 0.6) is 0 Å². The molecule has 0 bridgehead atoms. The predicted octanol–water partition coefficient (Wildman–Crippen LogP) is 4.60. The summed E-state index contributed by atoms with van der Waals surface area (Å²) < 4.78 is 45.3. The zero-order valence-electron chi connectivity index (χ0n) is 16.4. The van der Waals surface area contributed by atoms with Gasteiger partial charge in [0.2, 0.25) is 0 Å². The maximum absolute atomic E-state index is 13.3. The summed E-state index contributed by atoms with van der Waals surface area (Å²) in [6.45, 7) is 2.14. The number of hydrogen-bond donors (Lipinski definition) is 1. The van der Waals surface area contributed by atoms with Crippen molar-refractivity contribution in [3.63, 3.8) is 0 Å². The Hall–Kier alpha value is -2.45. The first kappa shape index (κ1) is 19.8. The van der Waals surface area contributed by atoms with E-state index >= 15 is 0 Å². The lowest BCUT2D eigenvalue weighted by molar-refractivity contribution is -0.136. The highest BCUT2D eigenvalue weighted by Gasteiger charge is 2.34. The Morgan fingerprint density at radius 2 is 1.97 bits per heavy atom. The molecule has 29 heavy (non-hydrogen) atoms. The number of pyridine rings is 2. The quantitative estimate of drug-likeness (QED) is 0.691. The molecule has 4 rings (SSSR count). The monoisotopic (exact) mass is 404 g/mol. The minimum atomic E-state index is -4.44. The molecule has 1 saturated heterocycles. The van der Waals surface area contributed by atoms with Crippen molar-refractivity contribution in [1.29, 1.82) is 0 Å². The molecule has 5 nitrogen and oxygen atoms in total. The normalized spacial score (nSPS) is 16.1. The van der Waals surface area contributed by atoms with Crippen molar-refractivity contribution in [1.82, 2.24) is 19.9 Å². The number of H-pyrrole nitrogens is 1. The molecule has 3 aromatic rings. The molecule has 0 aromatic carbocycles. The number of fused-ring (bicyclic) bond motifs is 1. The van der Waals surface area contributed by atoms with E-state index in [0.29, 0.717) is 23.7 Å². The Kier molecular flexibility index (Phi) is 5.31. The molecular weight excluding hydrogens is 381 g/mol. The molecule has 154 valence electrons. The minimum Gasteiger partial charge on any atom is -0.381 e. The maximum Gasteiger partial charge on any atom is 0.418 e. The largest absolute Gasteiger partial charge is 0.418 e. The number of alkyl halides is 3. The number of ether oxygens (including phenoxy) is 1. The number of hydrogen-bond acceptors (Lipinski definition) is 4. The van der Waals surface area contributed by atoms with Gasteiger partial charge < -0.3 is 14.6 Å². The van der Waals surface area contributed by atoms with Gasteiger partial charge in [-0.15, -0.1) is 0 Å². The molecule has 0 amide bonds. The Balaban J connectivity index is 1.76. The highest BCUT2D eigenvalue weighted by atomic mass is 19.4. The van der Waals surface area contributed by atoms with Crippen LogP contribution in [0.3, 0.4) is 0 Å². The summed E-state index contributed by atoms with van der Waals surface area (Å²) in [6, 6.07) is 5.45. The van der Waals surface area contributed by atoms with Gasteiger partial charge >= 0.3 is 6.18 Å². The lowest BCUT2D eigenvalue weighted by Crippen LogP contribution is -2.19. The van der Waals surface area contributed by atoms with Crippen LogP contribution in [0.2, 0.25) is 0 Å². The molecule has 1 fully saturated rings. The van der Waals surface area contributed by atoms with Crippen molar-refractivity contribution < 1.29 is 17.9 Å². The van der Waals surface area contributed by atoms with Gasteiger partial charge in [-0.3, -0.25) is 4.98 Å². The van der Waals surface area contributed by atoms with Gasteiger partial charge in [0.15, 0.2) is 0 Å². The fourth-order valence-corrected chi connectivity index (χ4v) is 3.86. The van der Waals surface area contributed by atoms with E-state index < -0.39 is 11.7 Å². The van der Waals surface area contributed by atoms with Crippen molar-refractivity contribution in [2.75, 3.05) is 27.3 Å². The number of aromatic nitrogens is 3. The summed E-state index contributed by atoms with van der Waals surface area (Å²) in [5.74, 6) is 0.391. The predicted molar refractivity (Wildman–Crippen MR) is 105 cm³/mol. The van der Waals surface area contributed by atoms with E-state index in [2.05, 4.69) is 16.0 Å². The van der Waals surface area contributed by atoms with E-state index in [1.807, 2.05) is 25.1 Å². The first-order valence-electron chi connectivity index (χ1n) is 9.60. The molecule has 0 saturated carbocycles. The molecule has 0 unspecified atom stereocenters. The van der Waals surface area contributed by atoms with Gasteiger partial charge in [0, 0.05) is 43.1 Å². The highest BCUT2D eigenvalue weighted by molar-refractivity contribution is 5.84. The number of nitrogens with one attached hydrogen (secondary N) is 1. The van der Waals surface area contributed by atoms with Crippen LogP contribution in [-0.4, -0.2) is 47.2 Å². The zero-order valence-corrected chi connectivity index (χ0v) is 16.4. The van der Waals surface area contributed by atoms with Gasteiger partial charge in [-0.25, -0.2) is 4.98 Å². The lowest BCUT2D eigenvalue weighted by Gasteiger charge is -2.25. The van der Waals surface area contributed by atoms with Gasteiger partial charge in [0.25, 0.3) is 0 Å². The smallest absolute Gasteiger partial charge is 0.381 e. The summed E-state index contributed by atoms with van der Waals surface area (Å²) >= 11 is 0. The SMILES string of the molecule is CN(C)Cc1nc(-c2cnc3[nH]cc(C(F)(F)F)c3c2)ccc1C1CCOCC1. The molecule has 0 spiro atoms. The molecular formula is C21H23F3N4O. The second-order valence-electron chi connectivity index (χ2n) is 7.68. The molecule has 1 aliphatic rings. The third kappa shape index (κ3) is 4.13. The Morgan fingerprint density at radius 1 is 1.21 bits per heavy atom. The summed E-state index contributed by atoms with van der Waals surface area (Å²) in [5.41, 5.74) is 2.84. The van der Waals surface area contributed by atoms with Crippen LogP contribution >= 0.6 is 0 Å². The third-order valence-corrected chi connectivity index (χ3v) is 5.27. The fourth-order valence-electron chi connectivity index (χ4n) is 3.86. The van der Waals surface area contributed by atoms with Crippen molar-refractivity contribution in [2.45, 2.75) is 31.5 Å². The van der Waals surface area contributed by atoms with Crippen LogP contribution in [0.25, 0.3) is 22.3 Å². The van der Waals surface area contributed by atoms with Gasteiger partial charge in [0.1, 0.15) is 5.65 Å². The van der Waals surface area contributed by atoms with Crippen LogP contribution in [0.15, 0.2) is 30.6 Å². The van der Waals surface area contributed by atoms with E-state index in [-0.39, 0.29) is 11.0 Å². The average molecular weight is 404 g/mol. The van der Waals surface area contributed by atoms with E-state index in [1.54, 1.807) is 6.20 Å².